The molecule has 0 aliphatic heterocycles. The number of nitrogens with zero attached hydrogens (tertiary/aromatic N) is 3. The fourth-order valence-corrected chi connectivity index (χ4v) is 2.66. The van der Waals surface area contributed by atoms with Gasteiger partial charge in [-0.25, -0.2) is 9.07 Å². The zero-order valence-electron chi connectivity index (χ0n) is 13.2. The van der Waals surface area contributed by atoms with Crippen molar-refractivity contribution in [2.24, 2.45) is 0 Å². The van der Waals surface area contributed by atoms with Crippen LogP contribution in [0, 0.1) is 19.7 Å². The molecule has 0 amide bonds. The smallest absolute Gasteiger partial charge is 0.165 e. The second kappa shape index (κ2) is 6.59. The van der Waals surface area contributed by atoms with Crippen molar-refractivity contribution in [3.05, 3.63) is 64.3 Å². The van der Waals surface area contributed by atoms with Gasteiger partial charge >= 0.3 is 0 Å². The van der Waals surface area contributed by atoms with Gasteiger partial charge in [0.25, 0.3) is 0 Å². The Morgan fingerprint density at radius 3 is 2.58 bits per heavy atom. The molecule has 24 heavy (non-hydrogen) atoms. The second-order valence-corrected chi connectivity index (χ2v) is 5.83. The summed E-state index contributed by atoms with van der Waals surface area (Å²) in [6.45, 7) is 3.57. The molecule has 0 atom stereocenters. The molecule has 124 valence electrons. The third kappa shape index (κ3) is 3.25. The normalized spacial score (nSPS) is 10.9. The van der Waals surface area contributed by atoms with Gasteiger partial charge in [-0.05, 0) is 38.1 Å². The van der Waals surface area contributed by atoms with Crippen LogP contribution >= 0.6 is 11.6 Å². The van der Waals surface area contributed by atoms with Gasteiger partial charge < -0.3 is 10.4 Å². The Balaban J connectivity index is 2.00. The van der Waals surface area contributed by atoms with Crippen molar-refractivity contribution in [2.75, 3.05) is 5.32 Å². The molecule has 3 aromatic rings. The molecule has 0 unspecified atom stereocenters. The van der Waals surface area contributed by atoms with Crippen LogP contribution in [0.4, 0.5) is 15.9 Å². The average molecular weight is 347 g/mol. The van der Waals surface area contributed by atoms with E-state index in [9.17, 15) is 9.50 Å². The van der Waals surface area contributed by atoms with Crippen molar-refractivity contribution >= 4 is 23.1 Å². The van der Waals surface area contributed by atoms with E-state index in [0.29, 0.717) is 11.5 Å². The summed E-state index contributed by atoms with van der Waals surface area (Å²) in [4.78, 5) is 4.33. The quantitative estimate of drug-likeness (QED) is 0.751. The molecule has 0 aliphatic carbocycles. The van der Waals surface area contributed by atoms with Crippen molar-refractivity contribution in [1.29, 1.82) is 0 Å². The molecule has 0 radical (unpaired) electrons. The Labute approximate surface area is 143 Å². The molecule has 2 N–H and O–H groups in total. The van der Waals surface area contributed by atoms with Crippen LogP contribution in [0.2, 0.25) is 5.02 Å². The van der Waals surface area contributed by atoms with Gasteiger partial charge in [-0.2, -0.15) is 0 Å². The van der Waals surface area contributed by atoms with Gasteiger partial charge in [0.1, 0.15) is 0 Å². The van der Waals surface area contributed by atoms with Crippen molar-refractivity contribution < 1.29 is 9.50 Å². The molecule has 2 heterocycles. The zero-order valence-corrected chi connectivity index (χ0v) is 14.0. The van der Waals surface area contributed by atoms with Crippen LogP contribution in [0.3, 0.4) is 0 Å². The largest absolute Gasteiger partial charge is 0.390 e. The van der Waals surface area contributed by atoms with Crippen molar-refractivity contribution in [3.8, 4) is 5.69 Å². The molecule has 0 spiro atoms. The number of aromatic nitrogens is 3. The topological polar surface area (TPSA) is 63.0 Å². The van der Waals surface area contributed by atoms with E-state index in [1.807, 2.05) is 26.0 Å². The highest BCUT2D eigenvalue weighted by molar-refractivity contribution is 6.31. The van der Waals surface area contributed by atoms with E-state index in [0.717, 1.165) is 17.1 Å². The summed E-state index contributed by atoms with van der Waals surface area (Å²) in [6, 6.07) is 10.1. The number of aliphatic hydroxyl groups is 1. The summed E-state index contributed by atoms with van der Waals surface area (Å²) in [5, 5.41) is 16.9. The van der Waals surface area contributed by atoms with Gasteiger partial charge in [-0.1, -0.05) is 17.7 Å². The Morgan fingerprint density at radius 2 is 1.92 bits per heavy atom. The fraction of sp³-hybridized carbons (Fsp3) is 0.176. The molecule has 0 saturated carbocycles. The summed E-state index contributed by atoms with van der Waals surface area (Å²) in [5.74, 6) is -0.137. The summed E-state index contributed by atoms with van der Waals surface area (Å²) in [7, 11) is 0. The number of rotatable bonds is 4. The standard InChI is InChI=1S/C17H16ClFN4O/c1-10-6-12(7-11(2)20-10)23-13(9-24)8-16(22-23)21-15-5-3-4-14(18)17(15)19/h3-8,24H,9H2,1-2H3,(H,21,22). The minimum absolute atomic E-state index is 0.0298. The van der Waals surface area contributed by atoms with Crippen LogP contribution in [-0.4, -0.2) is 19.9 Å². The van der Waals surface area contributed by atoms with Crippen LogP contribution in [0.15, 0.2) is 36.4 Å². The van der Waals surface area contributed by atoms with Crippen molar-refractivity contribution in [3.63, 3.8) is 0 Å². The van der Waals surface area contributed by atoms with E-state index in [-0.39, 0.29) is 17.3 Å². The van der Waals surface area contributed by atoms with E-state index in [1.165, 1.54) is 6.07 Å². The highest BCUT2D eigenvalue weighted by atomic mass is 35.5. The highest BCUT2D eigenvalue weighted by Gasteiger charge is 2.13. The first-order chi connectivity index (χ1) is 11.5. The molecule has 7 heteroatoms. The summed E-state index contributed by atoms with van der Waals surface area (Å²) < 4.78 is 15.6. The van der Waals surface area contributed by atoms with Gasteiger partial charge in [-0.3, -0.25) is 4.98 Å². The lowest BCUT2D eigenvalue weighted by atomic mass is 10.2. The van der Waals surface area contributed by atoms with Gasteiger partial charge in [0, 0.05) is 17.5 Å². The number of anilines is 2. The molecule has 5 nitrogen and oxygen atoms in total. The van der Waals surface area contributed by atoms with Crippen molar-refractivity contribution in [2.45, 2.75) is 20.5 Å². The summed E-state index contributed by atoms with van der Waals surface area (Å²) in [5.41, 5.74) is 3.27. The number of nitrogens with one attached hydrogen (secondary N) is 1. The number of aryl methyl sites for hydroxylation is 2. The van der Waals surface area contributed by atoms with E-state index in [1.54, 1.807) is 22.9 Å². The average Bonchev–Trinajstić information content (AvgIpc) is 2.94. The van der Waals surface area contributed by atoms with E-state index in [4.69, 9.17) is 11.6 Å². The van der Waals surface area contributed by atoms with E-state index in [2.05, 4.69) is 15.4 Å². The predicted octanol–water partition coefficient (Wildman–Crippen LogP) is 3.91. The molecule has 1 aromatic carbocycles. The third-order valence-corrected chi connectivity index (χ3v) is 3.76. The minimum Gasteiger partial charge on any atom is -0.390 e. The Bertz CT molecular complexity index is 874. The Hall–Kier alpha value is -2.44. The Kier molecular flexibility index (Phi) is 4.51. The summed E-state index contributed by atoms with van der Waals surface area (Å²) >= 11 is 5.79. The number of hydrogen-bond donors (Lipinski definition) is 2. The maximum atomic E-state index is 14.0. The molecule has 0 saturated heterocycles. The second-order valence-electron chi connectivity index (χ2n) is 5.43. The molecule has 0 aliphatic rings. The van der Waals surface area contributed by atoms with Crippen LogP contribution in [0.1, 0.15) is 17.1 Å². The molecule has 0 bridgehead atoms. The first kappa shape index (κ1) is 16.4. The molecular formula is C17H16ClFN4O. The monoisotopic (exact) mass is 346 g/mol. The SMILES string of the molecule is Cc1cc(-n2nc(Nc3cccc(Cl)c3F)cc2CO)cc(C)n1. The van der Waals surface area contributed by atoms with Crippen LogP contribution in [-0.2, 0) is 6.61 Å². The minimum atomic E-state index is -0.546. The zero-order chi connectivity index (χ0) is 17.3. The van der Waals surface area contributed by atoms with Gasteiger partial charge in [-0.15, -0.1) is 5.10 Å². The lowest BCUT2D eigenvalue weighted by Crippen LogP contribution is -2.04. The maximum absolute atomic E-state index is 14.0. The van der Waals surface area contributed by atoms with Crippen molar-refractivity contribution in [1.82, 2.24) is 14.8 Å². The van der Waals surface area contributed by atoms with Gasteiger partial charge in [0.05, 0.1) is 28.7 Å². The Morgan fingerprint density at radius 1 is 1.21 bits per heavy atom. The highest BCUT2D eigenvalue weighted by Crippen LogP contribution is 2.26. The lowest BCUT2D eigenvalue weighted by Gasteiger charge is -2.08. The molecule has 3 rings (SSSR count). The van der Waals surface area contributed by atoms with E-state index >= 15 is 0 Å². The third-order valence-electron chi connectivity index (χ3n) is 3.47. The van der Waals surface area contributed by atoms with Gasteiger partial charge in [0.15, 0.2) is 11.6 Å². The van der Waals surface area contributed by atoms with Gasteiger partial charge in [0.2, 0.25) is 0 Å². The maximum Gasteiger partial charge on any atom is 0.165 e. The first-order valence-corrected chi connectivity index (χ1v) is 7.72. The van der Waals surface area contributed by atoms with Crippen LogP contribution in [0.5, 0.6) is 0 Å². The van der Waals surface area contributed by atoms with Crippen LogP contribution < -0.4 is 5.32 Å². The van der Waals surface area contributed by atoms with Crippen LogP contribution in [0.25, 0.3) is 5.69 Å². The number of hydrogen-bond acceptors (Lipinski definition) is 4. The molecular weight excluding hydrogens is 331 g/mol. The number of pyridine rings is 1. The molecule has 0 fully saturated rings. The first-order valence-electron chi connectivity index (χ1n) is 7.34. The summed E-state index contributed by atoms with van der Waals surface area (Å²) in [6.07, 6.45) is 0. The predicted molar refractivity (Wildman–Crippen MR) is 91.4 cm³/mol. The number of benzene rings is 1. The molecule has 2 aromatic heterocycles. The number of halogens is 2. The number of aliphatic hydroxyl groups excluding tert-OH is 1. The fourth-order valence-electron chi connectivity index (χ4n) is 2.49. The van der Waals surface area contributed by atoms with E-state index < -0.39 is 5.82 Å². The lowest BCUT2D eigenvalue weighted by molar-refractivity contribution is 0.273.